The first-order chi connectivity index (χ1) is 9.70. The Kier molecular flexibility index (Phi) is 5.58. The molecule has 0 aliphatic heterocycles. The van der Waals surface area contributed by atoms with Gasteiger partial charge in [0, 0.05) is 23.7 Å². The summed E-state index contributed by atoms with van der Waals surface area (Å²) in [6, 6.07) is 5.65. The lowest BCUT2D eigenvalue weighted by Gasteiger charge is -2.31. The minimum atomic E-state index is -0.211. The Hall–Kier alpha value is -1.37. The van der Waals surface area contributed by atoms with Crippen molar-refractivity contribution in [3.05, 3.63) is 35.1 Å². The lowest BCUT2D eigenvalue weighted by atomic mass is 9.94. The molecule has 0 atom stereocenters. The molecule has 0 radical (unpaired) electrons. The Morgan fingerprint density at radius 3 is 2.70 bits per heavy atom. The molecule has 2 rings (SSSR count). The molecule has 3 heteroatoms. The molecule has 1 aromatic rings. The second-order valence-electron chi connectivity index (χ2n) is 5.47. The van der Waals surface area contributed by atoms with Gasteiger partial charge in [-0.15, -0.1) is 0 Å². The maximum Gasteiger partial charge on any atom is 0.128 e. The summed E-state index contributed by atoms with van der Waals surface area (Å²) in [6.45, 7) is 0.442. The summed E-state index contributed by atoms with van der Waals surface area (Å²) in [5.41, 5.74) is 1.33. The number of rotatable bonds is 3. The standard InChI is InChI=1S/C17H22FNO/c1-19(16-7-3-2-4-8-16)13-15-10-9-14(6-5-11-20)12-17(15)18/h9-10,12,16,20H,2-4,7-8,11,13H2,1H3. The number of benzene rings is 1. The molecule has 1 saturated carbocycles. The summed E-state index contributed by atoms with van der Waals surface area (Å²) in [5.74, 6) is 5.05. The van der Waals surface area contributed by atoms with Crippen molar-refractivity contribution in [2.75, 3.05) is 13.7 Å². The van der Waals surface area contributed by atoms with E-state index in [1.807, 2.05) is 6.07 Å². The fourth-order valence-electron chi connectivity index (χ4n) is 2.81. The van der Waals surface area contributed by atoms with E-state index in [0.29, 0.717) is 23.7 Å². The molecule has 0 unspecified atom stereocenters. The van der Waals surface area contributed by atoms with E-state index in [-0.39, 0.29) is 12.4 Å². The van der Waals surface area contributed by atoms with Gasteiger partial charge in [-0.2, -0.15) is 0 Å². The Morgan fingerprint density at radius 2 is 2.05 bits per heavy atom. The maximum atomic E-state index is 14.0. The first-order valence-electron chi connectivity index (χ1n) is 7.29. The van der Waals surface area contributed by atoms with Crippen molar-refractivity contribution in [1.82, 2.24) is 4.90 Å². The molecule has 0 spiro atoms. The van der Waals surface area contributed by atoms with E-state index in [2.05, 4.69) is 23.8 Å². The highest BCUT2D eigenvalue weighted by Gasteiger charge is 2.18. The van der Waals surface area contributed by atoms with Crippen molar-refractivity contribution >= 4 is 0 Å². The van der Waals surface area contributed by atoms with Crippen molar-refractivity contribution in [2.24, 2.45) is 0 Å². The molecule has 0 heterocycles. The molecule has 0 saturated heterocycles. The van der Waals surface area contributed by atoms with E-state index in [1.54, 1.807) is 6.07 Å². The highest BCUT2D eigenvalue weighted by atomic mass is 19.1. The predicted molar refractivity (Wildman–Crippen MR) is 78.7 cm³/mol. The van der Waals surface area contributed by atoms with Gasteiger partial charge >= 0.3 is 0 Å². The summed E-state index contributed by atoms with van der Waals surface area (Å²) in [5, 5.41) is 8.64. The van der Waals surface area contributed by atoms with E-state index in [1.165, 1.54) is 38.2 Å². The van der Waals surface area contributed by atoms with Gasteiger partial charge in [0.05, 0.1) is 0 Å². The first-order valence-corrected chi connectivity index (χ1v) is 7.29. The molecule has 0 bridgehead atoms. The van der Waals surface area contributed by atoms with Crippen LogP contribution in [-0.4, -0.2) is 29.7 Å². The molecule has 0 amide bonds. The zero-order valence-electron chi connectivity index (χ0n) is 12.0. The van der Waals surface area contributed by atoms with Gasteiger partial charge in [-0.1, -0.05) is 37.2 Å². The molecular formula is C17H22FNO. The van der Waals surface area contributed by atoms with E-state index in [9.17, 15) is 4.39 Å². The fraction of sp³-hybridized carbons (Fsp3) is 0.529. The van der Waals surface area contributed by atoms with Gasteiger partial charge in [0.25, 0.3) is 0 Å². The van der Waals surface area contributed by atoms with Crippen LogP contribution in [0.25, 0.3) is 0 Å². The maximum absolute atomic E-state index is 14.0. The SMILES string of the molecule is CN(Cc1ccc(C#CCO)cc1F)C1CCCCC1. The normalized spacial score (nSPS) is 16.0. The molecule has 108 valence electrons. The fourth-order valence-corrected chi connectivity index (χ4v) is 2.81. The third kappa shape index (κ3) is 4.06. The molecule has 20 heavy (non-hydrogen) atoms. The van der Waals surface area contributed by atoms with Gasteiger partial charge in [-0.05, 0) is 32.0 Å². The summed E-state index contributed by atoms with van der Waals surface area (Å²) in [4.78, 5) is 2.26. The van der Waals surface area contributed by atoms with Crippen molar-refractivity contribution in [3.8, 4) is 11.8 Å². The highest BCUT2D eigenvalue weighted by molar-refractivity contribution is 5.37. The number of hydrogen-bond donors (Lipinski definition) is 1. The second kappa shape index (κ2) is 7.42. The molecular weight excluding hydrogens is 253 g/mol. The topological polar surface area (TPSA) is 23.5 Å². The Balaban J connectivity index is 2.01. The number of halogens is 1. The highest BCUT2D eigenvalue weighted by Crippen LogP contribution is 2.23. The van der Waals surface area contributed by atoms with E-state index in [4.69, 9.17) is 5.11 Å². The lowest BCUT2D eigenvalue weighted by Crippen LogP contribution is -2.33. The van der Waals surface area contributed by atoms with Gasteiger partial charge in [-0.25, -0.2) is 4.39 Å². The van der Waals surface area contributed by atoms with Gasteiger partial charge in [-0.3, -0.25) is 4.90 Å². The van der Waals surface area contributed by atoms with Crippen LogP contribution in [0.2, 0.25) is 0 Å². The van der Waals surface area contributed by atoms with Gasteiger partial charge in [0.2, 0.25) is 0 Å². The molecule has 2 nitrogen and oxygen atoms in total. The van der Waals surface area contributed by atoms with E-state index >= 15 is 0 Å². The molecule has 1 aliphatic rings. The minimum absolute atomic E-state index is 0.201. The van der Waals surface area contributed by atoms with Crippen LogP contribution in [-0.2, 0) is 6.54 Å². The van der Waals surface area contributed by atoms with E-state index < -0.39 is 0 Å². The first kappa shape index (κ1) is 15.0. The smallest absolute Gasteiger partial charge is 0.128 e. The van der Waals surface area contributed by atoms with Crippen molar-refractivity contribution in [3.63, 3.8) is 0 Å². The van der Waals surface area contributed by atoms with Crippen LogP contribution in [0.3, 0.4) is 0 Å². The molecule has 1 N–H and O–H groups in total. The summed E-state index contributed by atoms with van der Waals surface area (Å²) >= 11 is 0. The Labute approximate surface area is 120 Å². The monoisotopic (exact) mass is 275 g/mol. The van der Waals surface area contributed by atoms with Gasteiger partial charge < -0.3 is 5.11 Å². The van der Waals surface area contributed by atoms with Crippen LogP contribution in [0.4, 0.5) is 4.39 Å². The van der Waals surface area contributed by atoms with Crippen LogP contribution < -0.4 is 0 Å². The molecule has 1 aliphatic carbocycles. The van der Waals surface area contributed by atoms with Crippen LogP contribution in [0, 0.1) is 17.7 Å². The van der Waals surface area contributed by atoms with Crippen LogP contribution in [0.5, 0.6) is 0 Å². The van der Waals surface area contributed by atoms with Gasteiger partial charge in [0.1, 0.15) is 12.4 Å². The quantitative estimate of drug-likeness (QED) is 0.857. The molecule has 0 aromatic heterocycles. The minimum Gasteiger partial charge on any atom is -0.384 e. The third-order valence-corrected chi connectivity index (χ3v) is 3.98. The Morgan fingerprint density at radius 1 is 1.30 bits per heavy atom. The average molecular weight is 275 g/mol. The zero-order valence-corrected chi connectivity index (χ0v) is 12.0. The summed E-state index contributed by atoms with van der Waals surface area (Å²) in [6.07, 6.45) is 6.34. The number of aliphatic hydroxyl groups is 1. The molecule has 1 aromatic carbocycles. The summed E-state index contributed by atoms with van der Waals surface area (Å²) < 4.78 is 14.0. The van der Waals surface area contributed by atoms with Crippen LogP contribution >= 0.6 is 0 Å². The lowest BCUT2D eigenvalue weighted by molar-refractivity contribution is 0.182. The predicted octanol–water partition coefficient (Wildman–Crippen LogP) is 2.93. The van der Waals surface area contributed by atoms with Crippen LogP contribution in [0.15, 0.2) is 18.2 Å². The van der Waals surface area contributed by atoms with Crippen LogP contribution in [0.1, 0.15) is 43.2 Å². The number of hydrogen-bond acceptors (Lipinski definition) is 2. The third-order valence-electron chi connectivity index (χ3n) is 3.98. The number of aliphatic hydroxyl groups excluding tert-OH is 1. The molecule has 1 fully saturated rings. The number of nitrogens with zero attached hydrogens (tertiary/aromatic N) is 1. The second-order valence-corrected chi connectivity index (χ2v) is 5.47. The summed E-state index contributed by atoms with van der Waals surface area (Å²) in [7, 11) is 2.08. The van der Waals surface area contributed by atoms with Gasteiger partial charge in [0.15, 0.2) is 0 Å². The van der Waals surface area contributed by atoms with Crippen molar-refractivity contribution in [1.29, 1.82) is 0 Å². The van der Waals surface area contributed by atoms with Crippen molar-refractivity contribution < 1.29 is 9.50 Å². The van der Waals surface area contributed by atoms with Crippen molar-refractivity contribution in [2.45, 2.75) is 44.7 Å². The zero-order chi connectivity index (χ0) is 14.4. The largest absolute Gasteiger partial charge is 0.384 e. The Bertz CT molecular complexity index is 497. The average Bonchev–Trinajstić information content (AvgIpc) is 2.48. The van der Waals surface area contributed by atoms with E-state index in [0.717, 1.165) is 0 Å².